The molecule has 1 atom stereocenters. The molecule has 0 saturated carbocycles. The molecule has 0 aliphatic carbocycles. The molecular formula is C20H20ClF3N4O4. The Bertz CT molecular complexity index is 980. The van der Waals surface area contributed by atoms with Crippen molar-refractivity contribution in [2.45, 2.75) is 25.1 Å². The summed E-state index contributed by atoms with van der Waals surface area (Å²) in [6.45, 7) is 0.727. The fraction of sp³-hybridized carbons (Fsp3) is 0.400. The van der Waals surface area contributed by atoms with Gasteiger partial charge in [-0.05, 0) is 36.6 Å². The van der Waals surface area contributed by atoms with Crippen LogP contribution in [0.1, 0.15) is 30.1 Å². The van der Waals surface area contributed by atoms with Crippen molar-refractivity contribution in [1.29, 1.82) is 0 Å². The molecule has 0 spiro atoms. The third-order valence-electron chi connectivity index (χ3n) is 5.27. The highest BCUT2D eigenvalue weighted by Crippen LogP contribution is 2.34. The van der Waals surface area contributed by atoms with Gasteiger partial charge in [-0.25, -0.2) is 4.98 Å². The van der Waals surface area contributed by atoms with Crippen molar-refractivity contribution < 1.29 is 28.0 Å². The lowest BCUT2D eigenvalue weighted by Crippen LogP contribution is -2.42. The molecule has 1 amide bonds. The first-order chi connectivity index (χ1) is 15.1. The molecule has 2 heterocycles. The number of nitrogens with one attached hydrogen (secondary N) is 1. The summed E-state index contributed by atoms with van der Waals surface area (Å²) in [5.41, 5.74) is -0.583. The number of carbonyl (C=O) groups is 1. The fourth-order valence-electron chi connectivity index (χ4n) is 3.45. The first-order valence-corrected chi connectivity index (χ1v) is 10.1. The number of rotatable bonds is 6. The topological polar surface area (TPSA) is 109 Å². The Morgan fingerprint density at radius 1 is 1.31 bits per heavy atom. The first-order valence-electron chi connectivity index (χ1n) is 9.74. The van der Waals surface area contributed by atoms with Crippen LogP contribution in [0.3, 0.4) is 0 Å². The number of carbonyl (C=O) groups excluding carboxylic acids is 1. The number of amides is 1. The van der Waals surface area contributed by atoms with Crippen LogP contribution in [-0.4, -0.2) is 40.6 Å². The van der Waals surface area contributed by atoms with Crippen LogP contribution in [0.15, 0.2) is 36.5 Å². The Morgan fingerprint density at radius 2 is 1.94 bits per heavy atom. The van der Waals surface area contributed by atoms with Crippen LogP contribution in [-0.2, 0) is 11.0 Å². The van der Waals surface area contributed by atoms with Gasteiger partial charge in [0, 0.05) is 43.9 Å². The molecule has 0 radical (unpaired) electrons. The van der Waals surface area contributed by atoms with Gasteiger partial charge in [0.25, 0.3) is 5.69 Å². The number of nitro benzene ring substituents is 1. The molecular weight excluding hydrogens is 453 g/mol. The second kappa shape index (κ2) is 9.70. The number of anilines is 1. The van der Waals surface area contributed by atoms with Gasteiger partial charge in [0.05, 0.1) is 21.6 Å². The van der Waals surface area contributed by atoms with E-state index in [1.165, 1.54) is 24.3 Å². The fourth-order valence-corrected chi connectivity index (χ4v) is 3.74. The zero-order chi connectivity index (χ0) is 23.5. The minimum Gasteiger partial charge on any atom is -0.387 e. The Balaban J connectivity index is 1.50. The molecule has 0 unspecified atom stereocenters. The summed E-state index contributed by atoms with van der Waals surface area (Å²) < 4.78 is 38.3. The Morgan fingerprint density at radius 3 is 2.47 bits per heavy atom. The summed E-state index contributed by atoms with van der Waals surface area (Å²) in [5, 5.41) is 23.5. The van der Waals surface area contributed by atoms with Crippen molar-refractivity contribution in [3.05, 3.63) is 62.8 Å². The number of nitrogens with zero attached hydrogens (tertiary/aromatic N) is 3. The van der Waals surface area contributed by atoms with Crippen molar-refractivity contribution in [2.75, 3.05) is 24.5 Å². The second-order valence-corrected chi connectivity index (χ2v) is 7.81. The van der Waals surface area contributed by atoms with Crippen molar-refractivity contribution in [3.8, 4) is 0 Å². The Hall–Kier alpha value is -2.92. The van der Waals surface area contributed by atoms with Crippen molar-refractivity contribution in [2.24, 2.45) is 5.92 Å². The maximum Gasteiger partial charge on any atom is 0.417 e. The number of alkyl halides is 3. The molecule has 1 aliphatic rings. The van der Waals surface area contributed by atoms with E-state index in [4.69, 9.17) is 11.6 Å². The summed E-state index contributed by atoms with van der Waals surface area (Å²) in [5.74, 6) is -0.340. The maximum absolute atomic E-state index is 12.8. The molecule has 1 fully saturated rings. The lowest BCUT2D eigenvalue weighted by molar-refractivity contribution is -0.384. The highest BCUT2D eigenvalue weighted by atomic mass is 35.5. The lowest BCUT2D eigenvalue weighted by atomic mass is 9.95. The van der Waals surface area contributed by atoms with Crippen LogP contribution >= 0.6 is 11.6 Å². The number of non-ortho nitro benzene ring substituents is 1. The quantitative estimate of drug-likeness (QED) is 0.490. The number of aliphatic hydroxyl groups excluding tert-OH is 1. The number of hydrogen-bond donors (Lipinski definition) is 2. The van der Waals surface area contributed by atoms with Gasteiger partial charge in [0.15, 0.2) is 0 Å². The van der Waals surface area contributed by atoms with Gasteiger partial charge >= 0.3 is 6.18 Å². The summed E-state index contributed by atoms with van der Waals surface area (Å²) in [6.07, 6.45) is -3.93. The number of pyridine rings is 1. The zero-order valence-electron chi connectivity index (χ0n) is 16.7. The van der Waals surface area contributed by atoms with Crippen LogP contribution in [0.2, 0.25) is 5.02 Å². The van der Waals surface area contributed by atoms with E-state index >= 15 is 0 Å². The van der Waals surface area contributed by atoms with E-state index in [-0.39, 0.29) is 34.9 Å². The molecule has 2 N–H and O–H groups in total. The summed E-state index contributed by atoms with van der Waals surface area (Å²) >= 11 is 5.99. The van der Waals surface area contributed by atoms with E-state index in [0.717, 1.165) is 12.3 Å². The molecule has 1 aromatic carbocycles. The van der Waals surface area contributed by atoms with Gasteiger partial charge in [-0.15, -0.1) is 0 Å². The van der Waals surface area contributed by atoms with E-state index in [1.54, 1.807) is 4.90 Å². The average molecular weight is 473 g/mol. The summed E-state index contributed by atoms with van der Waals surface area (Å²) in [7, 11) is 0. The SMILES string of the molecule is O=C(NC[C@@H](O)c1ccc([N+](=O)[O-])cc1)C1CCN(c2ncc(C(F)(F)F)cc2Cl)CC1. The molecule has 1 saturated heterocycles. The lowest BCUT2D eigenvalue weighted by Gasteiger charge is -2.32. The van der Waals surface area contributed by atoms with Crippen molar-refractivity contribution in [1.82, 2.24) is 10.3 Å². The monoisotopic (exact) mass is 472 g/mol. The zero-order valence-corrected chi connectivity index (χ0v) is 17.4. The van der Waals surface area contributed by atoms with E-state index in [1.807, 2.05) is 0 Å². The largest absolute Gasteiger partial charge is 0.417 e. The van der Waals surface area contributed by atoms with Crippen LogP contribution in [0.5, 0.6) is 0 Å². The number of nitro groups is 1. The molecule has 8 nitrogen and oxygen atoms in total. The third kappa shape index (κ3) is 5.65. The normalized spacial score (nSPS) is 16.0. The van der Waals surface area contributed by atoms with Gasteiger partial charge in [0.2, 0.25) is 5.91 Å². The van der Waals surface area contributed by atoms with Crippen LogP contribution < -0.4 is 10.2 Å². The number of hydrogen-bond acceptors (Lipinski definition) is 6. The van der Waals surface area contributed by atoms with Crippen LogP contribution in [0.25, 0.3) is 0 Å². The van der Waals surface area contributed by atoms with Gasteiger partial charge in [-0.3, -0.25) is 14.9 Å². The molecule has 1 aliphatic heterocycles. The van der Waals surface area contributed by atoms with E-state index in [2.05, 4.69) is 10.3 Å². The highest BCUT2D eigenvalue weighted by molar-refractivity contribution is 6.33. The average Bonchev–Trinajstić information content (AvgIpc) is 2.76. The van der Waals surface area contributed by atoms with E-state index < -0.39 is 22.8 Å². The predicted molar refractivity (Wildman–Crippen MR) is 110 cm³/mol. The van der Waals surface area contributed by atoms with E-state index in [0.29, 0.717) is 31.5 Å². The molecule has 2 aromatic rings. The molecule has 172 valence electrons. The molecule has 12 heteroatoms. The standard InChI is InChI=1S/C20H20ClF3N4O4/c21-16-9-14(20(22,23)24)10-25-18(16)27-7-5-13(6-8-27)19(30)26-11-17(29)12-1-3-15(4-2-12)28(31)32/h1-4,9-10,13,17,29H,5-8,11H2,(H,26,30)/t17-/m1/s1. The minimum atomic E-state index is -4.53. The van der Waals surface area contributed by atoms with Gasteiger partial charge in [0.1, 0.15) is 5.82 Å². The van der Waals surface area contributed by atoms with Crippen LogP contribution in [0.4, 0.5) is 24.7 Å². The number of benzene rings is 1. The van der Waals surface area contributed by atoms with Crippen LogP contribution in [0, 0.1) is 16.0 Å². The van der Waals surface area contributed by atoms with Gasteiger partial charge in [-0.1, -0.05) is 11.6 Å². The molecule has 0 bridgehead atoms. The predicted octanol–water partition coefficient (Wildman–Crippen LogP) is 3.73. The summed E-state index contributed by atoms with van der Waals surface area (Å²) in [4.78, 5) is 28.2. The van der Waals surface area contributed by atoms with E-state index in [9.17, 15) is 33.2 Å². The van der Waals surface area contributed by atoms with Crippen molar-refractivity contribution in [3.63, 3.8) is 0 Å². The smallest absolute Gasteiger partial charge is 0.387 e. The number of aromatic nitrogens is 1. The first kappa shape index (κ1) is 23.7. The molecule has 1 aromatic heterocycles. The van der Waals surface area contributed by atoms with Gasteiger partial charge in [-0.2, -0.15) is 13.2 Å². The third-order valence-corrected chi connectivity index (χ3v) is 5.55. The number of piperidine rings is 1. The summed E-state index contributed by atoms with van der Waals surface area (Å²) in [6, 6.07) is 6.23. The van der Waals surface area contributed by atoms with Gasteiger partial charge < -0.3 is 15.3 Å². The Kier molecular flexibility index (Phi) is 7.19. The highest BCUT2D eigenvalue weighted by Gasteiger charge is 2.33. The minimum absolute atomic E-state index is 0.0524. The number of halogens is 4. The van der Waals surface area contributed by atoms with Crippen molar-refractivity contribution >= 4 is 29.0 Å². The molecule has 32 heavy (non-hydrogen) atoms. The molecule has 3 rings (SSSR count). The maximum atomic E-state index is 12.8. The second-order valence-electron chi connectivity index (χ2n) is 7.40. The number of aliphatic hydroxyl groups is 1. The Labute approximate surface area is 186 Å².